The van der Waals surface area contributed by atoms with Gasteiger partial charge in [0.1, 0.15) is 17.0 Å². The summed E-state index contributed by atoms with van der Waals surface area (Å²) in [5, 5.41) is 4.02. The van der Waals surface area contributed by atoms with Crippen molar-refractivity contribution < 1.29 is 14.1 Å². The molecule has 0 saturated heterocycles. The normalized spacial score (nSPS) is 10.5. The molecule has 0 fully saturated rings. The zero-order valence-electron chi connectivity index (χ0n) is 13.1. The van der Waals surface area contributed by atoms with Gasteiger partial charge in [-0.1, -0.05) is 59.8 Å². The van der Waals surface area contributed by atoms with Crippen LogP contribution in [0.25, 0.3) is 22.4 Å². The van der Waals surface area contributed by atoms with Crippen LogP contribution in [0.4, 0.5) is 0 Å². The van der Waals surface area contributed by atoms with Crippen molar-refractivity contribution in [1.29, 1.82) is 0 Å². The van der Waals surface area contributed by atoms with Crippen molar-refractivity contribution >= 4 is 5.97 Å². The van der Waals surface area contributed by atoms with E-state index in [1.54, 1.807) is 13.8 Å². The third kappa shape index (κ3) is 3.01. The van der Waals surface area contributed by atoms with E-state index < -0.39 is 5.97 Å². The maximum Gasteiger partial charge on any atom is 0.344 e. The summed E-state index contributed by atoms with van der Waals surface area (Å²) in [6.07, 6.45) is 0. The maximum absolute atomic E-state index is 12.1. The van der Waals surface area contributed by atoms with Crippen molar-refractivity contribution in [3.63, 3.8) is 0 Å². The zero-order chi connectivity index (χ0) is 16.2. The number of ether oxygens (including phenoxy) is 1. The summed E-state index contributed by atoms with van der Waals surface area (Å²) in [6.45, 7) is 3.80. The van der Waals surface area contributed by atoms with Gasteiger partial charge in [-0.15, -0.1) is 0 Å². The Morgan fingerprint density at radius 2 is 1.61 bits per heavy atom. The van der Waals surface area contributed by atoms with Crippen LogP contribution >= 0.6 is 0 Å². The van der Waals surface area contributed by atoms with E-state index in [0.29, 0.717) is 23.6 Å². The third-order valence-electron chi connectivity index (χ3n) is 3.61. The minimum atomic E-state index is -0.409. The molecular formula is C19H17NO3. The van der Waals surface area contributed by atoms with Gasteiger partial charge >= 0.3 is 5.97 Å². The highest BCUT2D eigenvalue weighted by Crippen LogP contribution is 2.28. The molecule has 0 aliphatic heterocycles. The van der Waals surface area contributed by atoms with Gasteiger partial charge in [0.2, 0.25) is 0 Å². The number of esters is 1. The van der Waals surface area contributed by atoms with Crippen molar-refractivity contribution in [1.82, 2.24) is 5.16 Å². The first-order valence-electron chi connectivity index (χ1n) is 7.50. The summed E-state index contributed by atoms with van der Waals surface area (Å²) in [4.78, 5) is 12.1. The molecule has 0 bridgehead atoms. The van der Waals surface area contributed by atoms with Crippen LogP contribution in [-0.4, -0.2) is 17.7 Å². The third-order valence-corrected chi connectivity index (χ3v) is 3.61. The molecule has 0 saturated carbocycles. The van der Waals surface area contributed by atoms with E-state index in [-0.39, 0.29) is 0 Å². The molecule has 0 atom stereocenters. The molecule has 0 unspecified atom stereocenters. The second-order valence-corrected chi connectivity index (χ2v) is 5.13. The molecule has 4 heteroatoms. The second-order valence-electron chi connectivity index (χ2n) is 5.13. The predicted molar refractivity (Wildman–Crippen MR) is 88.1 cm³/mol. The van der Waals surface area contributed by atoms with Gasteiger partial charge in [-0.25, -0.2) is 4.79 Å². The number of carbonyl (C=O) groups excluding carboxylic acids is 1. The van der Waals surface area contributed by atoms with E-state index >= 15 is 0 Å². The van der Waals surface area contributed by atoms with Crippen LogP contribution in [0, 0.1) is 6.92 Å². The zero-order valence-corrected chi connectivity index (χ0v) is 13.1. The first kappa shape index (κ1) is 15.0. The summed E-state index contributed by atoms with van der Waals surface area (Å²) in [5.41, 5.74) is 3.97. The topological polar surface area (TPSA) is 52.3 Å². The first-order valence-corrected chi connectivity index (χ1v) is 7.50. The molecule has 0 aliphatic rings. The molecule has 0 aliphatic carbocycles. The highest BCUT2D eigenvalue weighted by atomic mass is 16.5. The SMILES string of the molecule is CCOC(=O)c1c(-c2ccc(-c3ccccc3)cc2)noc1C. The number of rotatable bonds is 4. The molecule has 4 nitrogen and oxygen atoms in total. The lowest BCUT2D eigenvalue weighted by Crippen LogP contribution is -2.06. The largest absolute Gasteiger partial charge is 0.462 e. The average Bonchev–Trinajstić information content (AvgIpc) is 2.98. The standard InChI is InChI=1S/C19H17NO3/c1-3-22-19(21)17-13(2)23-20-18(17)16-11-9-15(10-12-16)14-7-5-4-6-8-14/h4-12H,3H2,1-2H3. The van der Waals surface area contributed by atoms with Crippen LogP contribution < -0.4 is 0 Å². The van der Waals surface area contributed by atoms with Gasteiger partial charge in [0.15, 0.2) is 0 Å². The first-order chi connectivity index (χ1) is 11.2. The summed E-state index contributed by atoms with van der Waals surface area (Å²) in [5.74, 6) is 0.0546. The number of benzene rings is 2. The summed E-state index contributed by atoms with van der Waals surface area (Å²) in [6, 6.07) is 18.0. The van der Waals surface area contributed by atoms with E-state index in [9.17, 15) is 4.79 Å². The Morgan fingerprint density at radius 1 is 1.00 bits per heavy atom. The molecule has 0 amide bonds. The monoisotopic (exact) mass is 307 g/mol. The Balaban J connectivity index is 1.96. The summed E-state index contributed by atoms with van der Waals surface area (Å²) < 4.78 is 10.3. The molecule has 23 heavy (non-hydrogen) atoms. The lowest BCUT2D eigenvalue weighted by atomic mass is 10.0. The molecule has 0 N–H and O–H groups in total. The van der Waals surface area contributed by atoms with Crippen LogP contribution in [0.2, 0.25) is 0 Å². The van der Waals surface area contributed by atoms with Gasteiger partial charge in [-0.3, -0.25) is 0 Å². The number of hydrogen-bond acceptors (Lipinski definition) is 4. The highest BCUT2D eigenvalue weighted by Gasteiger charge is 2.22. The lowest BCUT2D eigenvalue weighted by Gasteiger charge is -2.05. The van der Waals surface area contributed by atoms with Crippen molar-refractivity contribution in [2.75, 3.05) is 6.61 Å². The van der Waals surface area contributed by atoms with Crippen LogP contribution in [0.3, 0.4) is 0 Å². The Kier molecular flexibility index (Phi) is 4.24. The molecular weight excluding hydrogens is 290 g/mol. The molecule has 1 heterocycles. The average molecular weight is 307 g/mol. The number of carbonyl (C=O) groups is 1. The van der Waals surface area contributed by atoms with Crippen molar-refractivity contribution in [3.8, 4) is 22.4 Å². The fourth-order valence-corrected chi connectivity index (χ4v) is 2.46. The van der Waals surface area contributed by atoms with Gasteiger partial charge in [-0.2, -0.15) is 0 Å². The number of aryl methyl sites for hydroxylation is 1. The Morgan fingerprint density at radius 3 is 2.26 bits per heavy atom. The Hall–Kier alpha value is -2.88. The van der Waals surface area contributed by atoms with Gasteiger partial charge < -0.3 is 9.26 Å². The van der Waals surface area contributed by atoms with E-state index in [0.717, 1.165) is 16.7 Å². The number of nitrogens with zero attached hydrogens (tertiary/aromatic N) is 1. The molecule has 3 aromatic rings. The second kappa shape index (κ2) is 6.48. The van der Waals surface area contributed by atoms with E-state index in [4.69, 9.17) is 9.26 Å². The molecule has 116 valence electrons. The van der Waals surface area contributed by atoms with Crippen LogP contribution in [0.15, 0.2) is 59.1 Å². The quantitative estimate of drug-likeness (QED) is 0.666. The smallest absolute Gasteiger partial charge is 0.344 e. The van der Waals surface area contributed by atoms with Crippen molar-refractivity contribution in [2.24, 2.45) is 0 Å². The van der Waals surface area contributed by atoms with Crippen LogP contribution in [-0.2, 0) is 4.74 Å². The van der Waals surface area contributed by atoms with Gasteiger partial charge in [0.05, 0.1) is 6.61 Å². The predicted octanol–water partition coefficient (Wildman–Crippen LogP) is 4.49. The molecule has 0 radical (unpaired) electrons. The maximum atomic E-state index is 12.1. The van der Waals surface area contributed by atoms with Gasteiger partial charge in [0.25, 0.3) is 0 Å². The fraction of sp³-hybridized carbons (Fsp3) is 0.158. The Labute approximate surface area is 134 Å². The minimum absolute atomic E-state index is 0.315. The fourth-order valence-electron chi connectivity index (χ4n) is 2.46. The van der Waals surface area contributed by atoms with Gasteiger partial charge in [0, 0.05) is 5.56 Å². The number of aromatic nitrogens is 1. The van der Waals surface area contributed by atoms with E-state index in [1.165, 1.54) is 0 Å². The van der Waals surface area contributed by atoms with Crippen LogP contribution in [0.5, 0.6) is 0 Å². The van der Waals surface area contributed by atoms with E-state index in [1.807, 2.05) is 42.5 Å². The van der Waals surface area contributed by atoms with Gasteiger partial charge in [-0.05, 0) is 25.0 Å². The summed E-state index contributed by atoms with van der Waals surface area (Å²) in [7, 11) is 0. The summed E-state index contributed by atoms with van der Waals surface area (Å²) >= 11 is 0. The Bertz CT molecular complexity index is 804. The highest BCUT2D eigenvalue weighted by molar-refractivity contribution is 5.97. The molecule has 2 aromatic carbocycles. The molecule has 1 aromatic heterocycles. The van der Waals surface area contributed by atoms with Crippen molar-refractivity contribution in [3.05, 3.63) is 65.9 Å². The number of hydrogen-bond donors (Lipinski definition) is 0. The van der Waals surface area contributed by atoms with E-state index in [2.05, 4.69) is 17.3 Å². The van der Waals surface area contributed by atoms with Crippen LogP contribution in [0.1, 0.15) is 23.0 Å². The minimum Gasteiger partial charge on any atom is -0.462 e. The molecule has 3 rings (SSSR count). The lowest BCUT2D eigenvalue weighted by molar-refractivity contribution is 0.0525. The molecule has 0 spiro atoms. The van der Waals surface area contributed by atoms with Crippen molar-refractivity contribution in [2.45, 2.75) is 13.8 Å².